The molecule has 0 amide bonds. The highest BCUT2D eigenvalue weighted by Crippen LogP contribution is 2.34. The van der Waals surface area contributed by atoms with Crippen molar-refractivity contribution in [2.24, 2.45) is 4.99 Å². The van der Waals surface area contributed by atoms with Crippen LogP contribution in [0.15, 0.2) is 59.6 Å². The van der Waals surface area contributed by atoms with Gasteiger partial charge in [-0.25, -0.2) is 9.98 Å². The average molecular weight is 274 g/mol. The van der Waals surface area contributed by atoms with Crippen molar-refractivity contribution in [3.05, 3.63) is 65.7 Å². The highest BCUT2D eigenvalue weighted by atomic mass is 15.4. The molecule has 4 rings (SSSR count). The summed E-state index contributed by atoms with van der Waals surface area (Å²) in [6.45, 7) is 2.09. The molecule has 0 saturated heterocycles. The minimum absolute atomic E-state index is 0.769. The molecule has 0 atom stereocenters. The van der Waals surface area contributed by atoms with Gasteiger partial charge < -0.3 is 0 Å². The third kappa shape index (κ3) is 1.92. The fourth-order valence-corrected chi connectivity index (χ4v) is 2.58. The van der Waals surface area contributed by atoms with E-state index in [1.54, 1.807) is 0 Å². The van der Waals surface area contributed by atoms with Crippen molar-refractivity contribution in [3.8, 4) is 0 Å². The predicted octanol–water partition coefficient (Wildman–Crippen LogP) is 3.55. The lowest BCUT2D eigenvalue weighted by Gasteiger charge is -2.21. The number of para-hydroxylation sites is 1. The first-order chi connectivity index (χ1) is 10.3. The van der Waals surface area contributed by atoms with E-state index in [2.05, 4.69) is 28.8 Å². The maximum Gasteiger partial charge on any atom is 0.171 e. The van der Waals surface area contributed by atoms with Gasteiger partial charge in [-0.2, -0.15) is 0 Å². The zero-order valence-corrected chi connectivity index (χ0v) is 11.6. The van der Waals surface area contributed by atoms with Crippen LogP contribution >= 0.6 is 0 Å². The normalized spacial score (nSPS) is 13.1. The lowest BCUT2D eigenvalue weighted by molar-refractivity contribution is 1.05. The SMILES string of the molecule is Cc1c2c(nc3ccccc13)NNC(c1ccccc1)=N2. The molecule has 0 fully saturated rings. The Hall–Kier alpha value is -2.88. The van der Waals surface area contributed by atoms with Gasteiger partial charge in [-0.05, 0) is 18.6 Å². The lowest BCUT2D eigenvalue weighted by Crippen LogP contribution is -2.33. The van der Waals surface area contributed by atoms with Crippen molar-refractivity contribution in [2.45, 2.75) is 6.92 Å². The van der Waals surface area contributed by atoms with Crippen molar-refractivity contribution < 1.29 is 0 Å². The molecule has 0 bridgehead atoms. The van der Waals surface area contributed by atoms with Crippen LogP contribution in [0, 0.1) is 6.92 Å². The number of fused-ring (bicyclic) bond motifs is 2. The zero-order chi connectivity index (χ0) is 14.2. The molecule has 0 aliphatic carbocycles. The third-order valence-electron chi connectivity index (χ3n) is 3.69. The number of rotatable bonds is 1. The maximum atomic E-state index is 4.75. The van der Waals surface area contributed by atoms with E-state index in [-0.39, 0.29) is 0 Å². The van der Waals surface area contributed by atoms with E-state index in [0.29, 0.717) is 0 Å². The van der Waals surface area contributed by atoms with Crippen LogP contribution in [-0.2, 0) is 0 Å². The van der Waals surface area contributed by atoms with Crippen molar-refractivity contribution in [1.82, 2.24) is 10.4 Å². The molecule has 0 saturated carbocycles. The Morgan fingerprint density at radius 3 is 2.48 bits per heavy atom. The number of nitrogens with one attached hydrogen (secondary N) is 2. The Labute approximate surface area is 122 Å². The molecule has 2 heterocycles. The summed E-state index contributed by atoms with van der Waals surface area (Å²) in [5, 5.41) is 1.14. The van der Waals surface area contributed by atoms with Crippen LogP contribution in [0.25, 0.3) is 10.9 Å². The molecule has 0 unspecified atom stereocenters. The number of anilines is 1. The van der Waals surface area contributed by atoms with Gasteiger partial charge in [0.15, 0.2) is 11.7 Å². The Bertz CT molecular complexity index is 853. The van der Waals surface area contributed by atoms with Crippen LogP contribution in [0.3, 0.4) is 0 Å². The van der Waals surface area contributed by atoms with Crippen molar-refractivity contribution in [3.63, 3.8) is 0 Å². The summed E-state index contributed by atoms with van der Waals surface area (Å²) in [4.78, 5) is 9.37. The number of hydrazine groups is 1. The van der Waals surface area contributed by atoms with Gasteiger partial charge in [0, 0.05) is 10.9 Å². The number of benzene rings is 2. The molecule has 2 aromatic carbocycles. The Balaban J connectivity index is 1.92. The van der Waals surface area contributed by atoms with Crippen LogP contribution in [0.4, 0.5) is 11.5 Å². The van der Waals surface area contributed by atoms with Gasteiger partial charge in [0.25, 0.3) is 0 Å². The summed E-state index contributed by atoms with van der Waals surface area (Å²) in [7, 11) is 0. The van der Waals surface area contributed by atoms with E-state index in [0.717, 1.165) is 39.4 Å². The Kier molecular flexibility index (Phi) is 2.60. The maximum absolute atomic E-state index is 4.75. The summed E-state index contributed by atoms with van der Waals surface area (Å²) >= 11 is 0. The first-order valence-corrected chi connectivity index (χ1v) is 6.88. The molecule has 4 nitrogen and oxygen atoms in total. The molecule has 1 aliphatic heterocycles. The van der Waals surface area contributed by atoms with E-state index in [1.807, 2.05) is 48.5 Å². The first kappa shape index (κ1) is 11.9. The number of aromatic nitrogens is 1. The molecule has 1 aromatic heterocycles. The Morgan fingerprint density at radius 2 is 1.62 bits per heavy atom. The van der Waals surface area contributed by atoms with Crippen LogP contribution in [-0.4, -0.2) is 10.8 Å². The number of pyridine rings is 1. The molecular formula is C17H14N4. The standard InChI is InChI=1S/C17H14N4/c1-11-13-9-5-6-10-14(13)18-17-15(11)19-16(20-21-17)12-7-3-2-4-8-12/h2-10H,1H3,(H,18,21)(H,19,20). The number of aliphatic imine (C=N–C) groups is 1. The van der Waals surface area contributed by atoms with Crippen LogP contribution in [0.5, 0.6) is 0 Å². The largest absolute Gasteiger partial charge is 0.282 e. The van der Waals surface area contributed by atoms with Gasteiger partial charge in [-0.3, -0.25) is 10.9 Å². The molecule has 4 heteroatoms. The van der Waals surface area contributed by atoms with Crippen LogP contribution in [0.2, 0.25) is 0 Å². The molecule has 1 aliphatic rings. The van der Waals surface area contributed by atoms with Gasteiger partial charge in [-0.15, -0.1) is 0 Å². The highest BCUT2D eigenvalue weighted by Gasteiger charge is 2.17. The van der Waals surface area contributed by atoms with Gasteiger partial charge in [-0.1, -0.05) is 48.5 Å². The van der Waals surface area contributed by atoms with Gasteiger partial charge in [0.05, 0.1) is 5.52 Å². The summed E-state index contributed by atoms with van der Waals surface area (Å²) < 4.78 is 0. The molecular weight excluding hydrogens is 260 g/mol. The summed E-state index contributed by atoms with van der Waals surface area (Å²) in [6.07, 6.45) is 0. The number of amidine groups is 1. The predicted molar refractivity (Wildman–Crippen MR) is 85.9 cm³/mol. The second-order valence-electron chi connectivity index (χ2n) is 5.03. The minimum atomic E-state index is 0.769. The molecule has 3 aromatic rings. The van der Waals surface area contributed by atoms with E-state index < -0.39 is 0 Å². The monoisotopic (exact) mass is 274 g/mol. The topological polar surface area (TPSA) is 49.3 Å². The van der Waals surface area contributed by atoms with Crippen molar-refractivity contribution in [2.75, 3.05) is 5.43 Å². The van der Waals surface area contributed by atoms with E-state index in [9.17, 15) is 0 Å². The van der Waals surface area contributed by atoms with Gasteiger partial charge in [0.2, 0.25) is 0 Å². The third-order valence-corrected chi connectivity index (χ3v) is 3.69. The fraction of sp³-hybridized carbons (Fsp3) is 0.0588. The molecule has 21 heavy (non-hydrogen) atoms. The second kappa shape index (κ2) is 4.59. The van der Waals surface area contributed by atoms with E-state index in [1.165, 1.54) is 0 Å². The summed E-state index contributed by atoms with van der Waals surface area (Å²) in [5.41, 5.74) is 10.3. The second-order valence-corrected chi connectivity index (χ2v) is 5.03. The molecule has 2 N–H and O–H groups in total. The van der Waals surface area contributed by atoms with Crippen molar-refractivity contribution >= 4 is 28.2 Å². The highest BCUT2D eigenvalue weighted by molar-refractivity contribution is 6.04. The molecule has 0 spiro atoms. The molecule has 102 valence electrons. The number of hydrogen-bond acceptors (Lipinski definition) is 4. The molecule has 0 radical (unpaired) electrons. The van der Waals surface area contributed by atoms with Gasteiger partial charge in [0.1, 0.15) is 5.69 Å². The summed E-state index contributed by atoms with van der Waals surface area (Å²) in [5.74, 6) is 1.58. The Morgan fingerprint density at radius 1 is 0.857 bits per heavy atom. The van der Waals surface area contributed by atoms with Crippen LogP contribution in [0.1, 0.15) is 11.1 Å². The number of aryl methyl sites for hydroxylation is 1. The van der Waals surface area contributed by atoms with Crippen LogP contribution < -0.4 is 10.9 Å². The minimum Gasteiger partial charge on any atom is -0.282 e. The van der Waals surface area contributed by atoms with Crippen molar-refractivity contribution in [1.29, 1.82) is 0 Å². The van der Waals surface area contributed by atoms with E-state index >= 15 is 0 Å². The summed E-state index contributed by atoms with van der Waals surface area (Å²) in [6, 6.07) is 18.2. The smallest absolute Gasteiger partial charge is 0.171 e. The number of hydrogen-bond donors (Lipinski definition) is 2. The van der Waals surface area contributed by atoms with Gasteiger partial charge >= 0.3 is 0 Å². The first-order valence-electron chi connectivity index (χ1n) is 6.88. The average Bonchev–Trinajstić information content (AvgIpc) is 2.56. The number of nitrogens with zero attached hydrogens (tertiary/aromatic N) is 2. The fourth-order valence-electron chi connectivity index (χ4n) is 2.58. The zero-order valence-electron chi connectivity index (χ0n) is 11.6. The van der Waals surface area contributed by atoms with E-state index in [4.69, 9.17) is 4.99 Å². The quantitative estimate of drug-likeness (QED) is 0.713. The lowest BCUT2D eigenvalue weighted by atomic mass is 10.1.